The third-order valence-corrected chi connectivity index (χ3v) is 4.25. The average molecular weight is 324 g/mol. The number of hydrogen-bond donors (Lipinski definition) is 1. The predicted molar refractivity (Wildman–Crippen MR) is 80.6 cm³/mol. The number of H-pyrrole nitrogens is 1. The number of amides is 1. The topological polar surface area (TPSA) is 65.1 Å². The second-order valence-electron chi connectivity index (χ2n) is 5.14. The lowest BCUT2D eigenvalue weighted by Crippen LogP contribution is -2.49. The summed E-state index contributed by atoms with van der Waals surface area (Å²) >= 11 is 6.10. The molecule has 1 saturated heterocycles. The first-order valence-electron chi connectivity index (χ1n) is 6.92. The lowest BCUT2D eigenvalue weighted by atomic mass is 10.1. The van der Waals surface area contributed by atoms with Gasteiger partial charge in [0.05, 0.1) is 10.6 Å². The number of aromatic amines is 1. The van der Waals surface area contributed by atoms with E-state index in [4.69, 9.17) is 11.6 Å². The fourth-order valence-electron chi connectivity index (χ4n) is 2.48. The van der Waals surface area contributed by atoms with E-state index in [9.17, 15) is 9.18 Å². The molecule has 0 aliphatic carbocycles. The summed E-state index contributed by atoms with van der Waals surface area (Å²) in [6.07, 6.45) is 1.44. The second kappa shape index (κ2) is 5.92. The van der Waals surface area contributed by atoms with Gasteiger partial charge in [-0.3, -0.25) is 4.79 Å². The Morgan fingerprint density at radius 2 is 2.05 bits per heavy atom. The van der Waals surface area contributed by atoms with Gasteiger partial charge in [-0.05, 0) is 18.6 Å². The number of benzene rings is 1. The summed E-state index contributed by atoms with van der Waals surface area (Å²) in [5.74, 6) is -0.284. The molecule has 0 saturated carbocycles. The van der Waals surface area contributed by atoms with E-state index in [0.717, 1.165) is 0 Å². The van der Waals surface area contributed by atoms with Gasteiger partial charge in [0.1, 0.15) is 12.1 Å². The summed E-state index contributed by atoms with van der Waals surface area (Å²) in [5, 5.41) is 6.78. The number of rotatable bonds is 2. The van der Waals surface area contributed by atoms with Crippen LogP contribution in [-0.4, -0.2) is 52.2 Å². The van der Waals surface area contributed by atoms with Gasteiger partial charge in [0, 0.05) is 26.2 Å². The maximum atomic E-state index is 14.0. The van der Waals surface area contributed by atoms with Crippen LogP contribution in [0, 0.1) is 12.7 Å². The third-order valence-electron chi connectivity index (χ3n) is 3.77. The van der Waals surface area contributed by atoms with Gasteiger partial charge in [-0.25, -0.2) is 9.49 Å². The van der Waals surface area contributed by atoms with E-state index in [0.29, 0.717) is 37.7 Å². The van der Waals surface area contributed by atoms with Crippen LogP contribution in [0.25, 0.3) is 0 Å². The Bertz CT molecular complexity index is 683. The number of halogens is 2. The smallest absolute Gasteiger partial charge is 0.258 e. The predicted octanol–water partition coefficient (Wildman–Crippen LogP) is 1.87. The molecule has 1 aromatic heterocycles. The SMILES string of the molecule is Cc1ccc(F)c(C(=O)N2CCN(c3ncn[nH]3)CC2)c1Cl. The van der Waals surface area contributed by atoms with Gasteiger partial charge >= 0.3 is 0 Å². The van der Waals surface area contributed by atoms with Gasteiger partial charge < -0.3 is 9.80 Å². The molecule has 0 unspecified atom stereocenters. The fraction of sp³-hybridized carbons (Fsp3) is 0.357. The molecule has 1 amide bonds. The van der Waals surface area contributed by atoms with Crippen LogP contribution in [0.1, 0.15) is 15.9 Å². The standard InChI is InChI=1S/C14H15ClFN5O/c1-9-2-3-10(16)11(12(9)15)13(22)20-4-6-21(7-5-20)14-17-8-18-19-14/h2-3,8H,4-7H2,1H3,(H,17,18,19). The number of piperazine rings is 1. The first-order chi connectivity index (χ1) is 10.6. The van der Waals surface area contributed by atoms with Crippen LogP contribution >= 0.6 is 11.6 Å². The van der Waals surface area contributed by atoms with Gasteiger partial charge in [-0.2, -0.15) is 10.1 Å². The number of nitrogens with one attached hydrogen (secondary N) is 1. The molecule has 0 spiro atoms. The van der Waals surface area contributed by atoms with E-state index >= 15 is 0 Å². The van der Waals surface area contributed by atoms with Crippen molar-refractivity contribution >= 4 is 23.5 Å². The minimum absolute atomic E-state index is 0.0465. The Kier molecular flexibility index (Phi) is 3.98. The maximum Gasteiger partial charge on any atom is 0.258 e. The van der Waals surface area contributed by atoms with Crippen LogP contribution in [0.2, 0.25) is 5.02 Å². The van der Waals surface area contributed by atoms with Crippen molar-refractivity contribution in [1.82, 2.24) is 20.1 Å². The molecule has 1 aliphatic rings. The zero-order valence-corrected chi connectivity index (χ0v) is 12.8. The Morgan fingerprint density at radius 1 is 1.32 bits per heavy atom. The molecule has 1 aromatic carbocycles. The zero-order valence-electron chi connectivity index (χ0n) is 12.0. The summed E-state index contributed by atoms with van der Waals surface area (Å²) in [4.78, 5) is 20.2. The van der Waals surface area contributed by atoms with Crippen molar-refractivity contribution < 1.29 is 9.18 Å². The molecule has 1 aliphatic heterocycles. The Labute approximate surface area is 131 Å². The van der Waals surface area contributed by atoms with Crippen molar-refractivity contribution in [2.24, 2.45) is 0 Å². The van der Waals surface area contributed by atoms with E-state index < -0.39 is 5.82 Å². The Hall–Kier alpha value is -2.15. The van der Waals surface area contributed by atoms with E-state index in [2.05, 4.69) is 15.2 Å². The molecule has 0 bridgehead atoms. The third kappa shape index (κ3) is 2.64. The molecule has 8 heteroatoms. The molecule has 3 rings (SSSR count). The molecule has 0 atom stereocenters. The summed E-state index contributed by atoms with van der Waals surface area (Å²) in [5.41, 5.74) is 0.640. The molecule has 1 fully saturated rings. The minimum Gasteiger partial charge on any atom is -0.338 e. The van der Waals surface area contributed by atoms with Crippen LogP contribution in [0.15, 0.2) is 18.5 Å². The van der Waals surface area contributed by atoms with Crippen LogP contribution in [0.3, 0.4) is 0 Å². The van der Waals surface area contributed by atoms with Crippen molar-refractivity contribution in [3.63, 3.8) is 0 Å². The summed E-state index contributed by atoms with van der Waals surface area (Å²) in [6, 6.07) is 2.84. The number of aromatic nitrogens is 3. The van der Waals surface area contributed by atoms with Crippen molar-refractivity contribution in [3.05, 3.63) is 40.4 Å². The molecule has 22 heavy (non-hydrogen) atoms. The highest BCUT2D eigenvalue weighted by Gasteiger charge is 2.27. The highest BCUT2D eigenvalue weighted by atomic mass is 35.5. The van der Waals surface area contributed by atoms with Crippen molar-refractivity contribution in [2.75, 3.05) is 31.1 Å². The van der Waals surface area contributed by atoms with Crippen molar-refractivity contribution in [3.8, 4) is 0 Å². The molecule has 0 radical (unpaired) electrons. The number of carbonyl (C=O) groups is 1. The molecule has 116 valence electrons. The first kappa shape index (κ1) is 14.8. The molecule has 2 aromatic rings. The minimum atomic E-state index is -0.585. The normalized spacial score (nSPS) is 15.2. The monoisotopic (exact) mass is 323 g/mol. The van der Waals surface area contributed by atoms with Crippen molar-refractivity contribution in [1.29, 1.82) is 0 Å². The van der Waals surface area contributed by atoms with Crippen molar-refractivity contribution in [2.45, 2.75) is 6.92 Å². The fourth-order valence-corrected chi connectivity index (χ4v) is 2.72. The maximum absolute atomic E-state index is 14.0. The first-order valence-corrected chi connectivity index (χ1v) is 7.30. The summed E-state index contributed by atoms with van der Waals surface area (Å²) in [6.45, 7) is 3.91. The molecule has 6 nitrogen and oxygen atoms in total. The number of nitrogens with zero attached hydrogens (tertiary/aromatic N) is 4. The number of aryl methyl sites for hydroxylation is 1. The van der Waals surface area contributed by atoms with Gasteiger partial charge in [0.2, 0.25) is 5.95 Å². The van der Waals surface area contributed by atoms with Gasteiger partial charge in [0.15, 0.2) is 0 Å². The molecule has 2 heterocycles. The highest BCUT2D eigenvalue weighted by molar-refractivity contribution is 6.34. The summed E-state index contributed by atoms with van der Waals surface area (Å²) in [7, 11) is 0. The Balaban J connectivity index is 1.74. The van der Waals surface area contributed by atoms with E-state index in [1.165, 1.54) is 12.4 Å². The van der Waals surface area contributed by atoms with Gasteiger partial charge in [-0.1, -0.05) is 17.7 Å². The number of carbonyl (C=O) groups excluding carboxylic acids is 1. The summed E-state index contributed by atoms with van der Waals surface area (Å²) < 4.78 is 14.0. The van der Waals surface area contributed by atoms with Crippen LogP contribution in [0.4, 0.5) is 10.3 Å². The van der Waals surface area contributed by atoms with Gasteiger partial charge in [0.25, 0.3) is 5.91 Å². The quantitative estimate of drug-likeness (QED) is 0.916. The van der Waals surface area contributed by atoms with Crippen LogP contribution < -0.4 is 4.90 Å². The second-order valence-corrected chi connectivity index (χ2v) is 5.52. The lowest BCUT2D eigenvalue weighted by molar-refractivity contribution is 0.0741. The largest absolute Gasteiger partial charge is 0.338 e. The zero-order chi connectivity index (χ0) is 15.7. The Morgan fingerprint density at radius 3 is 2.68 bits per heavy atom. The molecular formula is C14H15ClFN5O. The number of anilines is 1. The molecular weight excluding hydrogens is 309 g/mol. The van der Waals surface area contributed by atoms with E-state index in [1.807, 2.05) is 4.90 Å². The van der Waals surface area contributed by atoms with Crippen LogP contribution in [-0.2, 0) is 0 Å². The van der Waals surface area contributed by atoms with E-state index in [1.54, 1.807) is 17.9 Å². The van der Waals surface area contributed by atoms with Gasteiger partial charge in [-0.15, -0.1) is 0 Å². The highest BCUT2D eigenvalue weighted by Crippen LogP contribution is 2.25. The lowest BCUT2D eigenvalue weighted by Gasteiger charge is -2.34. The van der Waals surface area contributed by atoms with Crippen LogP contribution in [0.5, 0.6) is 0 Å². The number of hydrogen-bond acceptors (Lipinski definition) is 4. The van der Waals surface area contributed by atoms with E-state index in [-0.39, 0.29) is 16.5 Å². The average Bonchev–Trinajstić information content (AvgIpc) is 3.06. The molecule has 1 N–H and O–H groups in total.